The normalized spacial score (nSPS) is 20.8. The Morgan fingerprint density at radius 2 is 1.68 bits per heavy atom. The largest absolute Gasteiger partial charge is 0.481 e. The lowest BCUT2D eigenvalue weighted by molar-refractivity contribution is -0.122. The predicted octanol–water partition coefficient (Wildman–Crippen LogP) is 4.38. The molecule has 0 aromatic heterocycles. The summed E-state index contributed by atoms with van der Waals surface area (Å²) in [5.74, 6) is 1.07. The summed E-state index contributed by atoms with van der Waals surface area (Å²) in [7, 11) is -3.54. The predicted molar refractivity (Wildman–Crippen MR) is 123 cm³/mol. The molecule has 168 valence electrons. The summed E-state index contributed by atoms with van der Waals surface area (Å²) in [4.78, 5) is 12.8. The Hall–Kier alpha value is -2.38. The molecule has 1 saturated heterocycles. The van der Waals surface area contributed by atoms with E-state index in [1.165, 1.54) is 0 Å². The van der Waals surface area contributed by atoms with Crippen molar-refractivity contribution in [3.05, 3.63) is 53.6 Å². The summed E-state index contributed by atoms with van der Waals surface area (Å²) in [5, 5.41) is 2.80. The van der Waals surface area contributed by atoms with Crippen LogP contribution in [0.5, 0.6) is 5.75 Å². The van der Waals surface area contributed by atoms with Crippen molar-refractivity contribution in [2.45, 2.75) is 52.0 Å². The van der Waals surface area contributed by atoms with Crippen LogP contribution in [-0.2, 0) is 14.8 Å². The first-order valence-corrected chi connectivity index (χ1v) is 12.2. The van der Waals surface area contributed by atoms with E-state index >= 15 is 0 Å². The molecule has 1 heterocycles. The van der Waals surface area contributed by atoms with E-state index in [2.05, 4.69) is 19.2 Å². The van der Waals surface area contributed by atoms with Crippen molar-refractivity contribution < 1.29 is 17.9 Å². The summed E-state index contributed by atoms with van der Waals surface area (Å²) in [6, 6.07) is 12.1. The summed E-state index contributed by atoms with van der Waals surface area (Å²) < 4.78 is 33.4. The Kier molecular flexibility index (Phi) is 7.06. The van der Waals surface area contributed by atoms with Crippen LogP contribution in [0.15, 0.2) is 47.4 Å². The van der Waals surface area contributed by atoms with Crippen molar-refractivity contribution in [3.63, 3.8) is 0 Å². The highest BCUT2D eigenvalue weighted by Gasteiger charge is 2.31. The molecule has 0 saturated carbocycles. The van der Waals surface area contributed by atoms with Crippen LogP contribution in [0.1, 0.15) is 38.3 Å². The van der Waals surface area contributed by atoms with Crippen LogP contribution in [0.2, 0.25) is 0 Å². The van der Waals surface area contributed by atoms with Crippen molar-refractivity contribution in [1.29, 1.82) is 0 Å². The number of sulfonamides is 1. The summed E-state index contributed by atoms with van der Waals surface area (Å²) in [6.07, 6.45) is 0.347. The first kappa shape index (κ1) is 23.3. The molecule has 3 atom stereocenters. The first-order valence-electron chi connectivity index (χ1n) is 10.7. The van der Waals surface area contributed by atoms with Crippen molar-refractivity contribution in [1.82, 2.24) is 4.31 Å². The van der Waals surface area contributed by atoms with E-state index in [1.54, 1.807) is 35.5 Å². The van der Waals surface area contributed by atoms with Gasteiger partial charge in [-0.15, -0.1) is 0 Å². The third kappa shape index (κ3) is 5.46. The standard InChI is InChI=1S/C24H32N2O4S/c1-16-13-17(2)15-26(14-16)31(28,29)22-11-9-21(10-12-22)25-24(27)20(5)30-23-8-6-7-18(3)19(23)4/h6-12,16-17,20H,13-15H2,1-5H3,(H,25,27)/t16-,17-,20-/m1/s1. The van der Waals surface area contributed by atoms with E-state index in [-0.39, 0.29) is 10.8 Å². The van der Waals surface area contributed by atoms with E-state index in [0.717, 1.165) is 17.5 Å². The van der Waals surface area contributed by atoms with E-state index in [1.807, 2.05) is 32.0 Å². The van der Waals surface area contributed by atoms with Gasteiger partial charge in [0.2, 0.25) is 10.0 Å². The number of aryl methyl sites for hydroxylation is 1. The number of hydrogen-bond acceptors (Lipinski definition) is 4. The van der Waals surface area contributed by atoms with Gasteiger partial charge in [-0.05, 0) is 80.5 Å². The van der Waals surface area contributed by atoms with Crippen LogP contribution >= 0.6 is 0 Å². The molecule has 1 N–H and O–H groups in total. The van der Waals surface area contributed by atoms with Gasteiger partial charge in [-0.2, -0.15) is 4.31 Å². The number of benzene rings is 2. The molecule has 1 aliphatic heterocycles. The molecule has 0 spiro atoms. The molecule has 0 aliphatic carbocycles. The SMILES string of the molecule is Cc1cccc(O[C@H](C)C(=O)Nc2ccc(S(=O)(=O)N3C[C@H](C)C[C@@H](C)C3)cc2)c1C. The molecule has 1 aliphatic rings. The van der Waals surface area contributed by atoms with Gasteiger partial charge in [0.1, 0.15) is 5.75 Å². The Balaban J connectivity index is 1.66. The maximum Gasteiger partial charge on any atom is 0.265 e. The third-order valence-electron chi connectivity index (χ3n) is 5.82. The number of carbonyl (C=O) groups is 1. The number of amides is 1. The summed E-state index contributed by atoms with van der Waals surface area (Å²) >= 11 is 0. The molecule has 1 amide bonds. The molecule has 6 nitrogen and oxygen atoms in total. The molecule has 31 heavy (non-hydrogen) atoms. The Morgan fingerprint density at radius 1 is 1.06 bits per heavy atom. The molecule has 2 aromatic rings. The van der Waals surface area contributed by atoms with Crippen molar-refractivity contribution >= 4 is 21.6 Å². The summed E-state index contributed by atoms with van der Waals surface area (Å²) in [6.45, 7) is 10.9. The zero-order chi connectivity index (χ0) is 22.8. The van der Waals surface area contributed by atoms with Gasteiger partial charge in [-0.1, -0.05) is 26.0 Å². The molecule has 0 unspecified atom stereocenters. The fourth-order valence-electron chi connectivity index (χ4n) is 4.00. The van der Waals surface area contributed by atoms with Crippen molar-refractivity contribution in [2.75, 3.05) is 18.4 Å². The monoisotopic (exact) mass is 444 g/mol. The minimum absolute atomic E-state index is 0.242. The zero-order valence-corrected chi connectivity index (χ0v) is 19.7. The van der Waals surface area contributed by atoms with E-state index in [4.69, 9.17) is 4.74 Å². The van der Waals surface area contributed by atoms with Gasteiger partial charge in [0, 0.05) is 18.8 Å². The molecule has 3 rings (SSSR count). The second kappa shape index (κ2) is 9.40. The van der Waals surface area contributed by atoms with Crippen molar-refractivity contribution in [3.8, 4) is 5.75 Å². The fraction of sp³-hybridized carbons (Fsp3) is 0.458. The Morgan fingerprint density at radius 3 is 2.29 bits per heavy atom. The highest BCUT2D eigenvalue weighted by Crippen LogP contribution is 2.27. The Labute approximate surface area is 185 Å². The van der Waals surface area contributed by atoms with E-state index in [9.17, 15) is 13.2 Å². The van der Waals surface area contributed by atoms with Crippen LogP contribution in [0, 0.1) is 25.7 Å². The molecule has 0 bridgehead atoms. The second-order valence-electron chi connectivity index (χ2n) is 8.74. The van der Waals surface area contributed by atoms with E-state index in [0.29, 0.717) is 36.4 Å². The number of rotatable bonds is 6. The van der Waals surface area contributed by atoms with Gasteiger partial charge in [0.25, 0.3) is 5.91 Å². The smallest absolute Gasteiger partial charge is 0.265 e. The van der Waals surface area contributed by atoms with E-state index < -0.39 is 16.1 Å². The van der Waals surface area contributed by atoms with Crippen LogP contribution in [-0.4, -0.2) is 37.8 Å². The number of carbonyl (C=O) groups excluding carboxylic acids is 1. The maximum atomic E-state index is 13.0. The molecule has 1 fully saturated rings. The van der Waals surface area contributed by atoms with Gasteiger partial charge in [0.15, 0.2) is 6.10 Å². The minimum atomic E-state index is -3.54. The number of nitrogens with zero attached hydrogens (tertiary/aromatic N) is 1. The first-order chi connectivity index (χ1) is 14.6. The highest BCUT2D eigenvalue weighted by atomic mass is 32.2. The van der Waals surface area contributed by atoms with Crippen molar-refractivity contribution in [2.24, 2.45) is 11.8 Å². The third-order valence-corrected chi connectivity index (χ3v) is 7.67. The highest BCUT2D eigenvalue weighted by molar-refractivity contribution is 7.89. The van der Waals surface area contributed by atoms with Gasteiger partial charge >= 0.3 is 0 Å². The lowest BCUT2D eigenvalue weighted by Gasteiger charge is -2.34. The average Bonchev–Trinajstić information content (AvgIpc) is 2.71. The Bertz CT molecular complexity index is 1020. The molecule has 0 radical (unpaired) electrons. The van der Waals surface area contributed by atoms with Crippen LogP contribution in [0.3, 0.4) is 0 Å². The number of anilines is 1. The molecule has 2 aromatic carbocycles. The minimum Gasteiger partial charge on any atom is -0.481 e. The number of nitrogens with one attached hydrogen (secondary N) is 1. The fourth-order valence-corrected chi connectivity index (χ4v) is 5.68. The van der Waals surface area contributed by atoms with Crippen LogP contribution in [0.4, 0.5) is 5.69 Å². The topological polar surface area (TPSA) is 75.7 Å². The number of piperidine rings is 1. The molecular weight excluding hydrogens is 412 g/mol. The molecule has 7 heteroatoms. The lowest BCUT2D eigenvalue weighted by atomic mass is 9.94. The average molecular weight is 445 g/mol. The second-order valence-corrected chi connectivity index (χ2v) is 10.7. The van der Waals surface area contributed by atoms with Gasteiger partial charge in [0.05, 0.1) is 4.90 Å². The zero-order valence-electron chi connectivity index (χ0n) is 18.9. The van der Waals surface area contributed by atoms with Gasteiger partial charge in [-0.25, -0.2) is 8.42 Å². The lowest BCUT2D eigenvalue weighted by Crippen LogP contribution is -2.42. The number of ether oxygens (including phenoxy) is 1. The maximum absolute atomic E-state index is 13.0. The van der Waals surface area contributed by atoms with Crippen LogP contribution < -0.4 is 10.1 Å². The quantitative estimate of drug-likeness (QED) is 0.718. The van der Waals surface area contributed by atoms with Gasteiger partial charge < -0.3 is 10.1 Å². The van der Waals surface area contributed by atoms with Crippen LogP contribution in [0.25, 0.3) is 0 Å². The number of hydrogen-bond donors (Lipinski definition) is 1. The van der Waals surface area contributed by atoms with Gasteiger partial charge in [-0.3, -0.25) is 4.79 Å². The molecular formula is C24H32N2O4S. The summed E-state index contributed by atoms with van der Waals surface area (Å²) in [5.41, 5.74) is 2.62.